The van der Waals surface area contributed by atoms with E-state index in [1.165, 1.54) is 6.42 Å². The van der Waals surface area contributed by atoms with Crippen LogP contribution in [0.3, 0.4) is 0 Å². The molecule has 1 rings (SSSR count). The Bertz CT molecular complexity index is 218. The van der Waals surface area contributed by atoms with Gasteiger partial charge in [-0.15, -0.1) is 0 Å². The summed E-state index contributed by atoms with van der Waals surface area (Å²) in [6, 6.07) is 0. The van der Waals surface area contributed by atoms with Gasteiger partial charge in [0.05, 0.1) is 13.6 Å². The molecule has 0 amide bonds. The smallest absolute Gasteiger partial charge is 0.243 e. The monoisotopic (exact) mass is 188 g/mol. The molecule has 0 unspecified atom stereocenters. The maximum atomic E-state index is 2.25. The van der Waals surface area contributed by atoms with E-state index in [-0.39, 0.29) is 12.4 Å². The summed E-state index contributed by atoms with van der Waals surface area (Å²) in [6.45, 7) is 5.64. The van der Waals surface area contributed by atoms with Gasteiger partial charge in [-0.3, -0.25) is 0 Å². The molecule has 0 saturated heterocycles. The number of halogens is 1. The minimum atomic E-state index is 0. The number of imidazole rings is 1. The van der Waals surface area contributed by atoms with Crippen LogP contribution in [0.2, 0.25) is 0 Å². The summed E-state index contributed by atoms with van der Waals surface area (Å²) in [7, 11) is 2.05. The van der Waals surface area contributed by atoms with Crippen molar-refractivity contribution in [3.05, 3.63) is 18.7 Å². The Morgan fingerprint density at radius 3 is 2.50 bits per heavy atom. The van der Waals surface area contributed by atoms with Gasteiger partial charge in [0.2, 0.25) is 6.33 Å². The molecule has 1 heterocycles. The van der Waals surface area contributed by atoms with Crippen molar-refractivity contribution in [3.63, 3.8) is 0 Å². The van der Waals surface area contributed by atoms with Gasteiger partial charge in [-0.2, -0.15) is 0 Å². The van der Waals surface area contributed by atoms with Gasteiger partial charge in [-0.05, 0) is 12.3 Å². The first-order valence-electron chi connectivity index (χ1n) is 4.19. The Morgan fingerprint density at radius 2 is 2.08 bits per heavy atom. The molecule has 12 heavy (non-hydrogen) atoms. The molecule has 0 fully saturated rings. The molecule has 0 aliphatic heterocycles. The molecule has 1 aromatic heterocycles. The Balaban J connectivity index is 0.00000121. The van der Waals surface area contributed by atoms with Gasteiger partial charge < -0.3 is 12.4 Å². The van der Waals surface area contributed by atoms with E-state index in [1.807, 2.05) is 7.05 Å². The zero-order valence-corrected chi connectivity index (χ0v) is 8.75. The molecule has 0 spiro atoms. The van der Waals surface area contributed by atoms with Crippen molar-refractivity contribution in [2.75, 3.05) is 0 Å². The third-order valence-corrected chi connectivity index (χ3v) is 1.79. The van der Waals surface area contributed by atoms with Crippen molar-refractivity contribution < 1.29 is 17.0 Å². The van der Waals surface area contributed by atoms with E-state index in [0.717, 1.165) is 12.5 Å². The highest BCUT2D eigenvalue weighted by Crippen LogP contribution is 2.00. The van der Waals surface area contributed by atoms with Crippen molar-refractivity contribution in [2.45, 2.75) is 26.8 Å². The first-order chi connectivity index (χ1) is 5.18. The van der Waals surface area contributed by atoms with Crippen LogP contribution in [0.15, 0.2) is 18.7 Å². The van der Waals surface area contributed by atoms with Crippen molar-refractivity contribution in [3.8, 4) is 0 Å². The van der Waals surface area contributed by atoms with Gasteiger partial charge in [0.15, 0.2) is 0 Å². The maximum Gasteiger partial charge on any atom is 0.243 e. The first kappa shape index (κ1) is 11.5. The summed E-state index contributed by atoms with van der Waals surface area (Å²) in [4.78, 5) is 0. The van der Waals surface area contributed by atoms with E-state index in [0.29, 0.717) is 0 Å². The summed E-state index contributed by atoms with van der Waals surface area (Å²) < 4.78 is 4.29. The van der Waals surface area contributed by atoms with Crippen LogP contribution in [0, 0.1) is 5.92 Å². The van der Waals surface area contributed by atoms with Gasteiger partial charge in [0.25, 0.3) is 0 Å². The van der Waals surface area contributed by atoms with Crippen LogP contribution in [0.1, 0.15) is 20.3 Å². The molecule has 0 saturated carbocycles. The third-order valence-electron chi connectivity index (χ3n) is 1.79. The molecule has 70 valence electrons. The molecule has 1 aromatic rings. The number of aromatic nitrogens is 2. The predicted molar refractivity (Wildman–Crippen MR) is 45.1 cm³/mol. The number of hydrogen-bond acceptors (Lipinski definition) is 0. The summed E-state index contributed by atoms with van der Waals surface area (Å²) in [5.41, 5.74) is 0. The zero-order valence-electron chi connectivity index (χ0n) is 8.00. The lowest BCUT2D eigenvalue weighted by Gasteiger charge is -1.99. The molecule has 3 heteroatoms. The largest absolute Gasteiger partial charge is 1.00 e. The minimum Gasteiger partial charge on any atom is -1.00 e. The molecule has 0 aromatic carbocycles. The highest BCUT2D eigenvalue weighted by molar-refractivity contribution is 4.65. The minimum absolute atomic E-state index is 0. The molecule has 0 aliphatic rings. The fraction of sp³-hybridized carbons (Fsp3) is 0.667. The summed E-state index contributed by atoms with van der Waals surface area (Å²) >= 11 is 0. The molecular weight excluding hydrogens is 172 g/mol. The van der Waals surface area contributed by atoms with Crippen LogP contribution in [0.4, 0.5) is 0 Å². The van der Waals surface area contributed by atoms with Crippen molar-refractivity contribution in [1.82, 2.24) is 4.57 Å². The summed E-state index contributed by atoms with van der Waals surface area (Å²) in [6.07, 6.45) is 7.56. The second-order valence-electron chi connectivity index (χ2n) is 3.50. The van der Waals surface area contributed by atoms with Crippen molar-refractivity contribution in [1.29, 1.82) is 0 Å². The lowest BCUT2D eigenvalue weighted by molar-refractivity contribution is -0.671. The highest BCUT2D eigenvalue weighted by Gasteiger charge is 2.00. The topological polar surface area (TPSA) is 8.81 Å². The molecule has 2 nitrogen and oxygen atoms in total. The van der Waals surface area contributed by atoms with Crippen LogP contribution >= 0.6 is 0 Å². The molecule has 0 atom stereocenters. The van der Waals surface area contributed by atoms with Gasteiger partial charge in [0.1, 0.15) is 12.4 Å². The zero-order chi connectivity index (χ0) is 8.27. The van der Waals surface area contributed by atoms with Gasteiger partial charge >= 0.3 is 0 Å². The SMILES string of the molecule is CC(C)CCn1cc[n+](C)c1.[Cl-]. The quantitative estimate of drug-likeness (QED) is 0.504. The van der Waals surface area contributed by atoms with Crippen LogP contribution in [0.25, 0.3) is 0 Å². The van der Waals surface area contributed by atoms with E-state index in [1.54, 1.807) is 0 Å². The van der Waals surface area contributed by atoms with E-state index in [4.69, 9.17) is 0 Å². The molecule has 0 N–H and O–H groups in total. The van der Waals surface area contributed by atoms with Crippen LogP contribution < -0.4 is 17.0 Å². The van der Waals surface area contributed by atoms with Crippen molar-refractivity contribution in [2.24, 2.45) is 13.0 Å². The van der Waals surface area contributed by atoms with Gasteiger partial charge in [-0.1, -0.05) is 13.8 Å². The fourth-order valence-electron chi connectivity index (χ4n) is 1.04. The van der Waals surface area contributed by atoms with Gasteiger partial charge in [-0.25, -0.2) is 9.13 Å². The van der Waals surface area contributed by atoms with Crippen molar-refractivity contribution >= 4 is 0 Å². The highest BCUT2D eigenvalue weighted by atomic mass is 35.5. The van der Waals surface area contributed by atoms with Crippen LogP contribution in [-0.2, 0) is 13.6 Å². The summed E-state index contributed by atoms with van der Waals surface area (Å²) in [5, 5.41) is 0. The number of nitrogens with zero attached hydrogens (tertiary/aromatic N) is 2. The Kier molecular flexibility index (Phi) is 4.98. The normalized spacial score (nSPS) is 10.0. The van der Waals surface area contributed by atoms with Gasteiger partial charge in [0, 0.05) is 0 Å². The third kappa shape index (κ3) is 3.77. The standard InChI is InChI=1S/C9H17N2.ClH/c1-9(2)4-5-11-7-6-10(3)8-11;/h6-9H,4-5H2,1-3H3;1H/q+1;/p-1. The number of aryl methyl sites for hydroxylation is 2. The molecule has 0 bridgehead atoms. The number of hydrogen-bond donors (Lipinski definition) is 0. The number of rotatable bonds is 3. The molecular formula is C9H17ClN2. The summed E-state index contributed by atoms with van der Waals surface area (Å²) in [5.74, 6) is 0.794. The predicted octanol–water partition coefficient (Wildman–Crippen LogP) is -1.64. The Hall–Kier alpha value is -0.500. The van der Waals surface area contributed by atoms with Crippen LogP contribution in [0.5, 0.6) is 0 Å². The lowest BCUT2D eigenvalue weighted by atomic mass is 10.1. The average molecular weight is 189 g/mol. The van der Waals surface area contributed by atoms with Crippen LogP contribution in [-0.4, -0.2) is 4.57 Å². The molecule has 0 aliphatic carbocycles. The second kappa shape index (κ2) is 5.20. The van der Waals surface area contributed by atoms with E-state index in [2.05, 4.69) is 41.7 Å². The lowest BCUT2D eigenvalue weighted by Crippen LogP contribution is -3.00. The van der Waals surface area contributed by atoms with E-state index < -0.39 is 0 Å². The molecule has 0 radical (unpaired) electrons. The Morgan fingerprint density at radius 1 is 1.42 bits per heavy atom. The maximum absolute atomic E-state index is 2.25. The fourth-order valence-corrected chi connectivity index (χ4v) is 1.04. The van der Waals surface area contributed by atoms with E-state index >= 15 is 0 Å². The van der Waals surface area contributed by atoms with E-state index in [9.17, 15) is 0 Å². The second-order valence-corrected chi connectivity index (χ2v) is 3.50. The Labute approximate surface area is 80.6 Å². The first-order valence-corrected chi connectivity index (χ1v) is 4.19. The average Bonchev–Trinajstić information content (AvgIpc) is 2.31.